The van der Waals surface area contributed by atoms with Crippen molar-refractivity contribution in [3.05, 3.63) is 47.7 Å². The monoisotopic (exact) mass is 269 g/mol. The Morgan fingerprint density at radius 3 is 2.75 bits per heavy atom. The van der Waals surface area contributed by atoms with Crippen LogP contribution in [0.15, 0.2) is 36.4 Å². The quantitative estimate of drug-likeness (QED) is 0.895. The van der Waals surface area contributed by atoms with E-state index in [0.29, 0.717) is 18.2 Å². The van der Waals surface area contributed by atoms with Crippen molar-refractivity contribution in [2.75, 3.05) is 5.32 Å². The average Bonchev–Trinajstić information content (AvgIpc) is 3.10. The predicted octanol–water partition coefficient (Wildman–Crippen LogP) is 3.25. The minimum Gasteiger partial charge on any atom is -0.309 e. The molecule has 0 unspecified atom stereocenters. The van der Waals surface area contributed by atoms with E-state index < -0.39 is 0 Å². The molecule has 1 saturated carbocycles. The first-order valence-electron chi connectivity index (χ1n) is 7.20. The highest BCUT2D eigenvalue weighted by atomic mass is 16.1. The summed E-state index contributed by atoms with van der Waals surface area (Å²) in [6.07, 6.45) is 5.41. The second-order valence-corrected chi connectivity index (χ2v) is 5.40. The van der Waals surface area contributed by atoms with Gasteiger partial charge in [0.1, 0.15) is 0 Å². The van der Waals surface area contributed by atoms with Crippen LogP contribution in [0.5, 0.6) is 0 Å². The van der Waals surface area contributed by atoms with Crippen LogP contribution in [0.2, 0.25) is 0 Å². The Kier molecular flexibility index (Phi) is 3.81. The fraction of sp³-hybridized carbons (Fsp3) is 0.375. The number of aromatic nitrogens is 2. The highest BCUT2D eigenvalue weighted by Gasteiger charge is 2.19. The summed E-state index contributed by atoms with van der Waals surface area (Å²) < 4.78 is 0. The minimum atomic E-state index is -0.0272. The Labute approximate surface area is 118 Å². The number of carbonyl (C=O) groups is 1. The van der Waals surface area contributed by atoms with Crippen molar-refractivity contribution in [1.82, 2.24) is 10.2 Å². The normalized spacial score (nSPS) is 15.4. The smallest absolute Gasteiger partial charge is 0.229 e. The molecule has 1 aliphatic carbocycles. The molecule has 1 heterocycles. The van der Waals surface area contributed by atoms with Crippen molar-refractivity contribution >= 4 is 11.7 Å². The number of carbonyl (C=O) groups excluding carboxylic acids is 1. The van der Waals surface area contributed by atoms with E-state index in [2.05, 4.69) is 15.5 Å². The molecule has 3 rings (SSSR count). The van der Waals surface area contributed by atoms with E-state index in [9.17, 15) is 4.79 Å². The lowest BCUT2D eigenvalue weighted by Gasteiger charge is -2.03. The molecule has 0 aliphatic heterocycles. The van der Waals surface area contributed by atoms with Crippen molar-refractivity contribution in [3.8, 4) is 0 Å². The Morgan fingerprint density at radius 1 is 1.25 bits per heavy atom. The largest absolute Gasteiger partial charge is 0.309 e. The minimum absolute atomic E-state index is 0.0272. The third-order valence-corrected chi connectivity index (χ3v) is 3.87. The molecule has 1 aromatic heterocycles. The number of nitrogens with one attached hydrogen (secondary N) is 2. The predicted molar refractivity (Wildman–Crippen MR) is 78.6 cm³/mol. The number of amides is 1. The molecule has 0 saturated heterocycles. The standard InChI is InChI=1S/C16H19N3O/c20-16(10-12-6-2-1-3-7-12)17-15-11-14(18-19-15)13-8-4-5-9-13/h1-3,6-7,11,13H,4-5,8-10H2,(H2,17,18,19,20). The number of nitrogens with zero attached hydrogens (tertiary/aromatic N) is 1. The van der Waals surface area contributed by atoms with Crippen LogP contribution in [0.25, 0.3) is 0 Å². The zero-order valence-electron chi connectivity index (χ0n) is 11.4. The van der Waals surface area contributed by atoms with Crippen molar-refractivity contribution in [2.24, 2.45) is 0 Å². The summed E-state index contributed by atoms with van der Waals surface area (Å²) in [6.45, 7) is 0. The maximum Gasteiger partial charge on any atom is 0.229 e. The van der Waals surface area contributed by atoms with E-state index in [1.807, 2.05) is 36.4 Å². The first kappa shape index (κ1) is 12.9. The topological polar surface area (TPSA) is 57.8 Å². The van der Waals surface area contributed by atoms with Crippen LogP contribution in [0, 0.1) is 0 Å². The van der Waals surface area contributed by atoms with E-state index in [1.54, 1.807) is 0 Å². The van der Waals surface area contributed by atoms with Gasteiger partial charge in [0.15, 0.2) is 5.82 Å². The molecule has 2 N–H and O–H groups in total. The van der Waals surface area contributed by atoms with Crippen molar-refractivity contribution in [3.63, 3.8) is 0 Å². The van der Waals surface area contributed by atoms with Crippen LogP contribution in [-0.2, 0) is 11.2 Å². The number of hydrogen-bond donors (Lipinski definition) is 2. The molecule has 1 amide bonds. The van der Waals surface area contributed by atoms with Crippen LogP contribution in [0.4, 0.5) is 5.82 Å². The molecular weight excluding hydrogens is 250 g/mol. The highest BCUT2D eigenvalue weighted by molar-refractivity contribution is 5.91. The lowest BCUT2D eigenvalue weighted by molar-refractivity contribution is -0.115. The van der Waals surface area contributed by atoms with Gasteiger partial charge in [0.25, 0.3) is 0 Å². The SMILES string of the molecule is O=C(Cc1ccccc1)Nc1cc(C2CCCC2)[nH]n1. The van der Waals surface area contributed by atoms with Gasteiger partial charge in [-0.05, 0) is 18.4 Å². The fourth-order valence-corrected chi connectivity index (χ4v) is 2.81. The summed E-state index contributed by atoms with van der Waals surface area (Å²) in [5.74, 6) is 1.19. The Balaban J connectivity index is 1.59. The summed E-state index contributed by atoms with van der Waals surface area (Å²) in [5, 5.41) is 10.1. The molecule has 4 nitrogen and oxygen atoms in total. The zero-order chi connectivity index (χ0) is 13.8. The van der Waals surface area contributed by atoms with E-state index >= 15 is 0 Å². The van der Waals surface area contributed by atoms with Crippen molar-refractivity contribution in [1.29, 1.82) is 0 Å². The van der Waals surface area contributed by atoms with Gasteiger partial charge in [-0.2, -0.15) is 5.10 Å². The van der Waals surface area contributed by atoms with Crippen LogP contribution < -0.4 is 5.32 Å². The fourth-order valence-electron chi connectivity index (χ4n) is 2.81. The Bertz CT molecular complexity index is 570. The van der Waals surface area contributed by atoms with Crippen molar-refractivity contribution in [2.45, 2.75) is 38.0 Å². The summed E-state index contributed by atoms with van der Waals surface area (Å²) >= 11 is 0. The first-order valence-corrected chi connectivity index (χ1v) is 7.20. The van der Waals surface area contributed by atoms with Crippen LogP contribution >= 0.6 is 0 Å². The van der Waals surface area contributed by atoms with Gasteiger partial charge in [-0.15, -0.1) is 0 Å². The third-order valence-electron chi connectivity index (χ3n) is 3.87. The second-order valence-electron chi connectivity index (χ2n) is 5.40. The number of aromatic amines is 1. The van der Waals surface area contributed by atoms with Crippen LogP contribution in [0.3, 0.4) is 0 Å². The molecule has 0 spiro atoms. The number of anilines is 1. The van der Waals surface area contributed by atoms with E-state index in [1.165, 1.54) is 25.7 Å². The van der Waals surface area contributed by atoms with Gasteiger partial charge < -0.3 is 5.32 Å². The van der Waals surface area contributed by atoms with Gasteiger partial charge in [0, 0.05) is 17.7 Å². The molecule has 104 valence electrons. The highest BCUT2D eigenvalue weighted by Crippen LogP contribution is 2.33. The van der Waals surface area contributed by atoms with Crippen molar-refractivity contribution < 1.29 is 4.79 Å². The van der Waals surface area contributed by atoms with Gasteiger partial charge in [-0.3, -0.25) is 9.89 Å². The number of hydrogen-bond acceptors (Lipinski definition) is 2. The van der Waals surface area contributed by atoms with Gasteiger partial charge >= 0.3 is 0 Å². The van der Waals surface area contributed by atoms with Gasteiger partial charge in [0.05, 0.1) is 6.42 Å². The van der Waals surface area contributed by atoms with E-state index in [4.69, 9.17) is 0 Å². The second kappa shape index (κ2) is 5.90. The molecule has 1 aliphatic rings. The lowest BCUT2D eigenvalue weighted by Crippen LogP contribution is -2.14. The van der Waals surface area contributed by atoms with Gasteiger partial charge in [-0.1, -0.05) is 43.2 Å². The summed E-state index contributed by atoms with van der Waals surface area (Å²) in [5.41, 5.74) is 2.16. The number of rotatable bonds is 4. The molecule has 1 fully saturated rings. The molecular formula is C16H19N3O. The maximum atomic E-state index is 11.9. The van der Waals surface area contributed by atoms with E-state index in [-0.39, 0.29) is 5.91 Å². The first-order chi connectivity index (χ1) is 9.81. The molecule has 4 heteroatoms. The summed E-state index contributed by atoms with van der Waals surface area (Å²) in [6, 6.07) is 11.7. The molecule has 0 bridgehead atoms. The van der Waals surface area contributed by atoms with E-state index in [0.717, 1.165) is 11.3 Å². The molecule has 0 radical (unpaired) electrons. The number of H-pyrrole nitrogens is 1. The maximum absolute atomic E-state index is 11.9. The Morgan fingerprint density at radius 2 is 2.00 bits per heavy atom. The molecule has 20 heavy (non-hydrogen) atoms. The van der Waals surface area contributed by atoms with Gasteiger partial charge in [0.2, 0.25) is 5.91 Å². The van der Waals surface area contributed by atoms with Crippen LogP contribution in [0.1, 0.15) is 42.9 Å². The summed E-state index contributed by atoms with van der Waals surface area (Å²) in [4.78, 5) is 11.9. The summed E-state index contributed by atoms with van der Waals surface area (Å²) in [7, 11) is 0. The molecule has 2 aromatic rings. The Hall–Kier alpha value is -2.10. The third kappa shape index (κ3) is 3.07. The molecule has 0 atom stereocenters. The lowest BCUT2D eigenvalue weighted by atomic mass is 10.0. The number of benzene rings is 1. The molecule has 1 aromatic carbocycles. The van der Waals surface area contributed by atoms with Crippen LogP contribution in [-0.4, -0.2) is 16.1 Å². The van der Waals surface area contributed by atoms with Gasteiger partial charge in [-0.25, -0.2) is 0 Å². The average molecular weight is 269 g/mol. The zero-order valence-corrected chi connectivity index (χ0v) is 11.4.